The van der Waals surface area contributed by atoms with Gasteiger partial charge in [0, 0.05) is 67.0 Å². The third-order valence-corrected chi connectivity index (χ3v) is 13.2. The monoisotopic (exact) mass is 872 g/mol. The van der Waals surface area contributed by atoms with Gasteiger partial charge in [-0.2, -0.15) is 0 Å². The number of fused-ring (bicyclic) bond motifs is 6. The minimum Gasteiger partial charge on any atom is -0.310 e. The normalized spacial score (nSPS) is 11.6. The van der Waals surface area contributed by atoms with Crippen molar-refractivity contribution in [2.75, 3.05) is 9.80 Å². The highest BCUT2D eigenvalue weighted by Gasteiger charge is 2.19. The number of hydrogen-bond donors (Lipinski definition) is 0. The number of nitrogens with zero attached hydrogens (tertiary/aromatic N) is 4. The molecule has 0 saturated carbocycles. The molecular formula is C64H48N4. The van der Waals surface area contributed by atoms with Gasteiger partial charge in [0.25, 0.3) is 0 Å². The summed E-state index contributed by atoms with van der Waals surface area (Å²) in [4.78, 5) is 4.71. The molecule has 0 bridgehead atoms. The van der Waals surface area contributed by atoms with Gasteiger partial charge in [0.05, 0.1) is 22.1 Å². The lowest BCUT2D eigenvalue weighted by atomic mass is 10.1. The Bertz CT molecular complexity index is 3520. The molecule has 68 heavy (non-hydrogen) atoms. The molecule has 0 N–H and O–H groups in total. The highest BCUT2D eigenvalue weighted by atomic mass is 15.1. The molecule has 4 nitrogen and oxygen atoms in total. The van der Waals surface area contributed by atoms with E-state index in [1.165, 1.54) is 54.7 Å². The molecule has 12 aromatic rings. The predicted octanol–water partition coefficient (Wildman–Crippen LogP) is 17.6. The molecule has 0 saturated heterocycles. The Labute approximate surface area is 397 Å². The van der Waals surface area contributed by atoms with E-state index in [1.54, 1.807) is 0 Å². The van der Waals surface area contributed by atoms with E-state index < -0.39 is 0 Å². The summed E-state index contributed by atoms with van der Waals surface area (Å²) in [7, 11) is 0. The maximum absolute atomic E-state index is 2.38. The van der Waals surface area contributed by atoms with Gasteiger partial charge in [-0.1, -0.05) is 132 Å². The minimum atomic E-state index is 1.10. The van der Waals surface area contributed by atoms with Gasteiger partial charge >= 0.3 is 0 Å². The Kier molecular flexibility index (Phi) is 10.3. The van der Waals surface area contributed by atoms with E-state index in [4.69, 9.17) is 0 Å². The third-order valence-electron chi connectivity index (χ3n) is 13.2. The highest BCUT2D eigenvalue weighted by molar-refractivity contribution is 6.12. The van der Waals surface area contributed by atoms with E-state index in [-0.39, 0.29) is 0 Å². The molecule has 10 aromatic carbocycles. The third kappa shape index (κ3) is 7.39. The molecule has 0 aliphatic carbocycles. The lowest BCUT2D eigenvalue weighted by Gasteiger charge is -2.26. The van der Waals surface area contributed by atoms with Gasteiger partial charge in [0.1, 0.15) is 0 Å². The molecular weight excluding hydrogens is 825 g/mol. The van der Waals surface area contributed by atoms with Gasteiger partial charge in [0.2, 0.25) is 0 Å². The van der Waals surface area contributed by atoms with Crippen LogP contribution >= 0.6 is 0 Å². The standard InChI is InChI=1S/C64H48N4/c1-45-23-37-61-57(41-45)59-43-55(35-39-63(59)67(61)51-19-11-5-12-20-51)65(49-15-7-3-8-16-49)53-31-27-47(28-32-53)25-26-48-29-33-54(34-30-48)66(50-17-9-4-10-18-50)56-36-40-64-60(44-56)58-42-46(2)24-38-62(58)68(64)52-21-13-6-14-22-52/h3-44H,1-2H3. The maximum Gasteiger partial charge on any atom is 0.0542 e. The van der Waals surface area contributed by atoms with Gasteiger partial charge in [-0.3, -0.25) is 0 Å². The van der Waals surface area contributed by atoms with Crippen LogP contribution in [0.15, 0.2) is 243 Å². The van der Waals surface area contributed by atoms with Crippen LogP contribution < -0.4 is 9.80 Å². The molecule has 2 heterocycles. The van der Waals surface area contributed by atoms with Gasteiger partial charge in [-0.25, -0.2) is 0 Å². The van der Waals surface area contributed by atoms with Crippen molar-refractivity contribution in [2.24, 2.45) is 0 Å². The Morgan fingerprint density at radius 1 is 0.279 bits per heavy atom. The van der Waals surface area contributed by atoms with Crippen LogP contribution in [-0.4, -0.2) is 9.13 Å². The Balaban J connectivity index is 0.857. The van der Waals surface area contributed by atoms with E-state index >= 15 is 0 Å². The quantitative estimate of drug-likeness (QED) is 0.127. The van der Waals surface area contributed by atoms with Crippen LogP contribution in [0.3, 0.4) is 0 Å². The average molecular weight is 873 g/mol. The summed E-state index contributed by atoms with van der Waals surface area (Å²) in [6.07, 6.45) is 4.40. The van der Waals surface area contributed by atoms with Crippen LogP contribution in [0.2, 0.25) is 0 Å². The zero-order chi connectivity index (χ0) is 45.6. The molecule has 0 amide bonds. The fraction of sp³-hybridized carbons (Fsp3) is 0.0312. The zero-order valence-corrected chi connectivity index (χ0v) is 38.0. The number of anilines is 6. The summed E-state index contributed by atoms with van der Waals surface area (Å²) in [6, 6.07) is 87.7. The van der Waals surface area contributed by atoms with E-state index in [0.29, 0.717) is 0 Å². The van der Waals surface area contributed by atoms with Gasteiger partial charge < -0.3 is 18.9 Å². The van der Waals surface area contributed by atoms with Crippen molar-refractivity contribution in [3.8, 4) is 11.4 Å². The summed E-state index contributed by atoms with van der Waals surface area (Å²) < 4.78 is 4.75. The maximum atomic E-state index is 2.38. The van der Waals surface area contributed by atoms with Crippen molar-refractivity contribution in [1.82, 2.24) is 9.13 Å². The van der Waals surface area contributed by atoms with Gasteiger partial charge in [-0.05, 0) is 158 Å². The first-order valence-corrected chi connectivity index (χ1v) is 23.3. The Hall–Kier alpha value is -8.86. The number of aryl methyl sites for hydroxylation is 2. The second-order valence-corrected chi connectivity index (χ2v) is 17.6. The van der Waals surface area contributed by atoms with E-state index in [9.17, 15) is 0 Å². The van der Waals surface area contributed by atoms with Gasteiger partial charge in [0.15, 0.2) is 0 Å². The number of benzene rings is 10. The minimum absolute atomic E-state index is 1.10. The Morgan fingerprint density at radius 3 is 0.941 bits per heavy atom. The van der Waals surface area contributed by atoms with Crippen LogP contribution in [-0.2, 0) is 0 Å². The van der Waals surface area contributed by atoms with Crippen LogP contribution in [0.1, 0.15) is 22.3 Å². The molecule has 324 valence electrons. The summed E-state index contributed by atoms with van der Waals surface area (Å²) in [5.41, 5.74) is 18.5. The Morgan fingerprint density at radius 2 is 0.574 bits per heavy atom. The van der Waals surface area contributed by atoms with Crippen molar-refractivity contribution in [2.45, 2.75) is 13.8 Å². The molecule has 0 atom stereocenters. The van der Waals surface area contributed by atoms with E-state index in [0.717, 1.165) is 56.6 Å². The molecule has 0 radical (unpaired) electrons. The van der Waals surface area contributed by atoms with Crippen molar-refractivity contribution >= 4 is 89.9 Å². The van der Waals surface area contributed by atoms with E-state index in [2.05, 4.69) is 288 Å². The van der Waals surface area contributed by atoms with Crippen LogP contribution in [0.5, 0.6) is 0 Å². The highest BCUT2D eigenvalue weighted by Crippen LogP contribution is 2.42. The molecule has 4 heteroatoms. The molecule has 0 unspecified atom stereocenters. The first-order valence-electron chi connectivity index (χ1n) is 23.3. The summed E-state index contributed by atoms with van der Waals surface area (Å²) in [5.74, 6) is 0. The zero-order valence-electron chi connectivity index (χ0n) is 38.0. The molecule has 0 aliphatic heterocycles. The fourth-order valence-corrected chi connectivity index (χ4v) is 9.95. The number of rotatable bonds is 10. The number of hydrogen-bond acceptors (Lipinski definition) is 2. The van der Waals surface area contributed by atoms with Crippen LogP contribution in [0.25, 0.3) is 67.1 Å². The summed E-state index contributed by atoms with van der Waals surface area (Å²) in [5, 5.41) is 4.96. The van der Waals surface area contributed by atoms with Crippen molar-refractivity contribution in [3.63, 3.8) is 0 Å². The first-order chi connectivity index (χ1) is 33.5. The van der Waals surface area contributed by atoms with Crippen molar-refractivity contribution < 1.29 is 0 Å². The largest absolute Gasteiger partial charge is 0.310 e. The lowest BCUT2D eigenvalue weighted by Crippen LogP contribution is -2.09. The molecule has 0 aliphatic rings. The SMILES string of the molecule is Cc1ccc2c(c1)c1cc(N(c3ccccc3)c3ccc(C=Cc4ccc(N(c5ccccc5)c5ccc6c(c5)c5cc(C)ccc5n6-c5ccccc5)cc4)cc3)ccc1n2-c1ccccc1. The van der Waals surface area contributed by atoms with Gasteiger partial charge in [-0.15, -0.1) is 0 Å². The predicted molar refractivity (Wildman–Crippen MR) is 289 cm³/mol. The molecule has 12 rings (SSSR count). The fourth-order valence-electron chi connectivity index (χ4n) is 9.95. The van der Waals surface area contributed by atoms with Crippen molar-refractivity contribution in [1.29, 1.82) is 0 Å². The second kappa shape index (κ2) is 17.2. The van der Waals surface area contributed by atoms with Crippen LogP contribution in [0, 0.1) is 13.8 Å². The first kappa shape index (κ1) is 40.6. The smallest absolute Gasteiger partial charge is 0.0542 e. The second-order valence-electron chi connectivity index (χ2n) is 17.6. The van der Waals surface area contributed by atoms with E-state index in [1.807, 2.05) is 0 Å². The van der Waals surface area contributed by atoms with Crippen LogP contribution in [0.4, 0.5) is 34.1 Å². The lowest BCUT2D eigenvalue weighted by molar-refractivity contribution is 1.18. The summed E-state index contributed by atoms with van der Waals surface area (Å²) >= 11 is 0. The number of aromatic nitrogens is 2. The topological polar surface area (TPSA) is 16.3 Å². The number of para-hydroxylation sites is 4. The summed E-state index contributed by atoms with van der Waals surface area (Å²) in [6.45, 7) is 4.34. The molecule has 0 fully saturated rings. The van der Waals surface area contributed by atoms with Crippen molar-refractivity contribution in [3.05, 3.63) is 265 Å². The molecule has 2 aromatic heterocycles. The average Bonchev–Trinajstić information content (AvgIpc) is 3.89. The molecule has 0 spiro atoms.